The van der Waals surface area contributed by atoms with Gasteiger partial charge in [-0.2, -0.15) is 4.98 Å². The third kappa shape index (κ3) is 3.32. The largest absolute Gasteiger partial charge is 0.340 e. The summed E-state index contributed by atoms with van der Waals surface area (Å²) in [5.74, 6) is 1.41. The van der Waals surface area contributed by atoms with Gasteiger partial charge in [-0.3, -0.25) is 9.20 Å². The van der Waals surface area contributed by atoms with Crippen molar-refractivity contribution >= 4 is 11.6 Å². The van der Waals surface area contributed by atoms with Crippen LogP contribution in [-0.2, 0) is 0 Å². The van der Waals surface area contributed by atoms with E-state index < -0.39 is 6.04 Å². The van der Waals surface area contributed by atoms with Crippen LogP contribution in [0.3, 0.4) is 0 Å². The maximum absolute atomic E-state index is 13.4. The lowest BCUT2D eigenvalue weighted by atomic mass is 10.0. The molecule has 0 bridgehead atoms. The summed E-state index contributed by atoms with van der Waals surface area (Å²) in [5.41, 5.74) is 2.54. The van der Waals surface area contributed by atoms with E-state index in [9.17, 15) is 9.18 Å². The number of nitrogens with zero attached hydrogens (tertiary/aromatic N) is 5. The lowest BCUT2D eigenvalue weighted by Gasteiger charge is -2.12. The van der Waals surface area contributed by atoms with Gasteiger partial charge in [0.05, 0.1) is 5.56 Å². The molecule has 3 heterocycles. The van der Waals surface area contributed by atoms with Crippen molar-refractivity contribution in [2.75, 3.05) is 0 Å². The minimum atomic E-state index is -0.451. The summed E-state index contributed by atoms with van der Waals surface area (Å²) in [7, 11) is 0. The molecule has 1 atom stereocenters. The molecule has 9 heteroatoms. The molecule has 5 rings (SSSR count). The topological polar surface area (TPSA) is 98.2 Å². The van der Waals surface area contributed by atoms with Crippen LogP contribution in [0.1, 0.15) is 59.6 Å². The lowest BCUT2D eigenvalue weighted by molar-refractivity contribution is 0.0932. The number of rotatable bonds is 5. The number of aryl methyl sites for hydroxylation is 1. The molecule has 1 aliphatic carbocycles. The number of carbonyl (C=O) groups is 1. The first-order valence-corrected chi connectivity index (χ1v) is 9.75. The van der Waals surface area contributed by atoms with Gasteiger partial charge in [0.1, 0.15) is 17.7 Å². The first-order valence-electron chi connectivity index (χ1n) is 9.75. The molecule has 30 heavy (non-hydrogen) atoms. The molecule has 8 nitrogen and oxygen atoms in total. The highest BCUT2D eigenvalue weighted by Crippen LogP contribution is 2.40. The second-order valence-electron chi connectivity index (χ2n) is 7.55. The molecule has 0 saturated heterocycles. The predicted molar refractivity (Wildman–Crippen MR) is 105 cm³/mol. The van der Waals surface area contributed by atoms with Crippen LogP contribution in [0.2, 0.25) is 0 Å². The minimum absolute atomic E-state index is 0.293. The van der Waals surface area contributed by atoms with Gasteiger partial charge in [0.25, 0.3) is 5.91 Å². The number of hydrogen-bond acceptors (Lipinski definition) is 6. The fraction of sp³-hybridized carbons (Fsp3) is 0.286. The summed E-state index contributed by atoms with van der Waals surface area (Å²) in [6.45, 7) is 3.49. The quantitative estimate of drug-likeness (QED) is 0.544. The Balaban J connectivity index is 1.56. The zero-order valence-electron chi connectivity index (χ0n) is 16.5. The number of fused-ring (bicyclic) bond motifs is 1. The summed E-state index contributed by atoms with van der Waals surface area (Å²) in [6, 6.07) is 7.40. The Labute approximate surface area is 171 Å². The Kier molecular flexibility index (Phi) is 4.30. The average Bonchev–Trinajstić information content (AvgIpc) is 3.33. The molecule has 1 N–H and O–H groups in total. The van der Waals surface area contributed by atoms with E-state index in [2.05, 4.69) is 25.7 Å². The van der Waals surface area contributed by atoms with E-state index >= 15 is 0 Å². The molecular weight excluding hydrogens is 387 g/mol. The molecule has 1 saturated carbocycles. The van der Waals surface area contributed by atoms with Crippen molar-refractivity contribution in [1.29, 1.82) is 0 Å². The third-order valence-electron chi connectivity index (χ3n) is 5.15. The number of carbonyl (C=O) groups excluding carboxylic acids is 1. The lowest BCUT2D eigenvalue weighted by Crippen LogP contribution is -2.27. The summed E-state index contributed by atoms with van der Waals surface area (Å²) in [6.07, 6.45) is 3.85. The molecule has 0 spiro atoms. The molecule has 1 amide bonds. The van der Waals surface area contributed by atoms with E-state index in [0.717, 1.165) is 24.2 Å². The fourth-order valence-electron chi connectivity index (χ4n) is 3.43. The molecule has 0 unspecified atom stereocenters. The molecule has 3 aromatic heterocycles. The Hall–Kier alpha value is -3.62. The number of benzene rings is 1. The maximum atomic E-state index is 13.4. The second-order valence-corrected chi connectivity index (χ2v) is 7.55. The van der Waals surface area contributed by atoms with Gasteiger partial charge in [0.2, 0.25) is 5.89 Å². The molecule has 1 fully saturated rings. The van der Waals surface area contributed by atoms with Crippen LogP contribution in [0, 0.1) is 12.7 Å². The summed E-state index contributed by atoms with van der Waals surface area (Å²) in [5, 5.41) is 15.3. The van der Waals surface area contributed by atoms with Gasteiger partial charge in [0.15, 0.2) is 11.5 Å². The van der Waals surface area contributed by atoms with Gasteiger partial charge in [-0.1, -0.05) is 17.3 Å². The molecular formula is C21H19FN6O2. The monoisotopic (exact) mass is 406 g/mol. The van der Waals surface area contributed by atoms with Crippen molar-refractivity contribution < 1.29 is 13.7 Å². The van der Waals surface area contributed by atoms with Crippen LogP contribution in [0.4, 0.5) is 4.39 Å². The van der Waals surface area contributed by atoms with Crippen LogP contribution in [0.25, 0.3) is 16.8 Å². The van der Waals surface area contributed by atoms with Crippen molar-refractivity contribution in [1.82, 2.24) is 30.1 Å². The van der Waals surface area contributed by atoms with Crippen LogP contribution >= 0.6 is 0 Å². The number of nitrogens with one attached hydrogen (secondary N) is 1. The standard InChI is InChI=1S/C21H19FN6O2/c1-11(21-24-12(2)27-30-21)23-20(29)15-9-17(13-5-7-16(22)8-6-13)19-26-25-18(14-3-4-14)28(19)10-15/h5-11,14H,3-4H2,1-2H3,(H,23,29)/t11-/m1/s1. The number of hydrogen-bond donors (Lipinski definition) is 1. The van der Waals surface area contributed by atoms with E-state index in [1.807, 2.05) is 4.40 Å². The minimum Gasteiger partial charge on any atom is -0.340 e. The van der Waals surface area contributed by atoms with E-state index in [-0.39, 0.29) is 11.7 Å². The van der Waals surface area contributed by atoms with Crippen LogP contribution < -0.4 is 5.32 Å². The molecule has 1 aliphatic rings. The molecule has 0 radical (unpaired) electrons. The second kappa shape index (κ2) is 7.01. The molecule has 0 aliphatic heterocycles. The van der Waals surface area contributed by atoms with Crippen molar-refractivity contribution in [2.45, 2.75) is 38.6 Å². The van der Waals surface area contributed by atoms with Crippen molar-refractivity contribution in [2.24, 2.45) is 0 Å². The fourth-order valence-corrected chi connectivity index (χ4v) is 3.43. The highest BCUT2D eigenvalue weighted by Gasteiger charge is 2.30. The number of pyridine rings is 1. The molecule has 152 valence electrons. The molecule has 4 aromatic rings. The summed E-state index contributed by atoms with van der Waals surface area (Å²) >= 11 is 0. The first kappa shape index (κ1) is 18.4. The third-order valence-corrected chi connectivity index (χ3v) is 5.15. The van der Waals surface area contributed by atoms with Gasteiger partial charge in [-0.05, 0) is 50.5 Å². The highest BCUT2D eigenvalue weighted by molar-refractivity contribution is 5.96. The van der Waals surface area contributed by atoms with Gasteiger partial charge in [0, 0.05) is 17.7 Å². The Morgan fingerprint density at radius 2 is 2.03 bits per heavy atom. The maximum Gasteiger partial charge on any atom is 0.253 e. The smallest absolute Gasteiger partial charge is 0.253 e. The van der Waals surface area contributed by atoms with Gasteiger partial charge < -0.3 is 9.84 Å². The number of halogens is 1. The highest BCUT2D eigenvalue weighted by atomic mass is 19.1. The zero-order chi connectivity index (χ0) is 20.8. The Bertz CT molecular complexity index is 1240. The van der Waals surface area contributed by atoms with E-state index in [1.165, 1.54) is 12.1 Å². The Morgan fingerprint density at radius 3 is 2.70 bits per heavy atom. The van der Waals surface area contributed by atoms with Crippen LogP contribution in [0.5, 0.6) is 0 Å². The van der Waals surface area contributed by atoms with Gasteiger partial charge >= 0.3 is 0 Å². The van der Waals surface area contributed by atoms with E-state index in [1.54, 1.807) is 38.2 Å². The first-order chi connectivity index (χ1) is 14.5. The SMILES string of the molecule is Cc1noc([C@@H](C)NC(=O)c2cc(-c3ccc(F)cc3)c3nnc(C4CC4)n3c2)n1. The van der Waals surface area contributed by atoms with E-state index in [0.29, 0.717) is 34.4 Å². The van der Waals surface area contributed by atoms with Gasteiger partial charge in [-0.25, -0.2) is 4.39 Å². The van der Waals surface area contributed by atoms with Crippen LogP contribution in [-0.4, -0.2) is 30.6 Å². The van der Waals surface area contributed by atoms with Crippen molar-refractivity contribution in [3.8, 4) is 11.1 Å². The van der Waals surface area contributed by atoms with Gasteiger partial charge in [-0.15, -0.1) is 10.2 Å². The van der Waals surface area contributed by atoms with Crippen molar-refractivity contribution in [3.63, 3.8) is 0 Å². The van der Waals surface area contributed by atoms with E-state index in [4.69, 9.17) is 4.52 Å². The zero-order valence-corrected chi connectivity index (χ0v) is 16.5. The normalized spacial score (nSPS) is 14.8. The van der Waals surface area contributed by atoms with Crippen LogP contribution in [0.15, 0.2) is 41.1 Å². The summed E-state index contributed by atoms with van der Waals surface area (Å²) < 4.78 is 20.4. The molecule has 1 aromatic carbocycles. The Morgan fingerprint density at radius 1 is 1.27 bits per heavy atom. The predicted octanol–water partition coefficient (Wildman–Crippen LogP) is 3.60. The number of amides is 1. The average molecular weight is 406 g/mol. The van der Waals surface area contributed by atoms with Crippen molar-refractivity contribution in [3.05, 3.63) is 65.4 Å². The number of aromatic nitrogens is 5. The summed E-state index contributed by atoms with van der Waals surface area (Å²) in [4.78, 5) is 17.2.